The highest BCUT2D eigenvalue weighted by Gasteiger charge is 2.18. The minimum atomic E-state index is 0.368. The Bertz CT molecular complexity index is 812. The minimum Gasteiger partial charge on any atom is -0.494 e. The molecule has 3 rings (SSSR count). The number of hydrogen-bond donors (Lipinski definition) is 0. The first-order valence-electron chi connectivity index (χ1n) is 13.0. The maximum absolute atomic E-state index is 6.03. The fourth-order valence-electron chi connectivity index (χ4n) is 4.09. The van der Waals surface area contributed by atoms with Crippen molar-refractivity contribution in [2.75, 3.05) is 19.8 Å². The molecular formula is C29H42O5. The van der Waals surface area contributed by atoms with Crippen molar-refractivity contribution in [3.05, 3.63) is 53.6 Å². The molecule has 1 fully saturated rings. The van der Waals surface area contributed by atoms with Crippen LogP contribution in [-0.4, -0.2) is 25.9 Å². The molecule has 0 atom stereocenters. The number of hydrogen-bond acceptors (Lipinski definition) is 5. The van der Waals surface area contributed by atoms with Gasteiger partial charge in [0.15, 0.2) is 5.75 Å². The van der Waals surface area contributed by atoms with Crippen LogP contribution in [0.5, 0.6) is 17.2 Å². The Morgan fingerprint density at radius 3 is 2.24 bits per heavy atom. The lowest BCUT2D eigenvalue weighted by Gasteiger charge is -2.26. The zero-order valence-corrected chi connectivity index (χ0v) is 21.2. The normalized spacial score (nSPS) is 18.0. The summed E-state index contributed by atoms with van der Waals surface area (Å²) in [6.45, 7) is 9.21. The Morgan fingerprint density at radius 1 is 0.794 bits per heavy atom. The van der Waals surface area contributed by atoms with Crippen LogP contribution in [0.4, 0.5) is 0 Å². The molecule has 2 aromatic rings. The van der Waals surface area contributed by atoms with Gasteiger partial charge in [-0.15, -0.1) is 0 Å². The molecule has 188 valence electrons. The summed E-state index contributed by atoms with van der Waals surface area (Å²) in [4.78, 5) is 10.8. The summed E-state index contributed by atoms with van der Waals surface area (Å²) in [5.41, 5.74) is 2.14. The zero-order valence-electron chi connectivity index (χ0n) is 21.2. The maximum Gasteiger partial charge on any atom is 0.165 e. The quantitative estimate of drug-likeness (QED) is 0.154. The van der Waals surface area contributed by atoms with Crippen molar-refractivity contribution in [1.82, 2.24) is 0 Å². The van der Waals surface area contributed by atoms with Gasteiger partial charge in [0.05, 0.1) is 19.3 Å². The van der Waals surface area contributed by atoms with E-state index < -0.39 is 0 Å². The third kappa shape index (κ3) is 9.55. The van der Waals surface area contributed by atoms with Gasteiger partial charge in [-0.3, -0.25) is 0 Å². The van der Waals surface area contributed by atoms with Gasteiger partial charge in [0.25, 0.3) is 0 Å². The predicted octanol–water partition coefficient (Wildman–Crippen LogP) is 7.44. The third-order valence-electron chi connectivity index (χ3n) is 6.32. The first kappa shape index (κ1) is 26.4. The second-order valence-electron chi connectivity index (χ2n) is 9.43. The molecular weight excluding hydrogens is 428 g/mol. The highest BCUT2D eigenvalue weighted by molar-refractivity contribution is 5.36. The minimum absolute atomic E-state index is 0.368. The summed E-state index contributed by atoms with van der Waals surface area (Å²) >= 11 is 0. The number of benzene rings is 2. The molecule has 1 saturated carbocycles. The van der Waals surface area contributed by atoms with Crippen LogP contribution in [0.1, 0.15) is 76.3 Å². The van der Waals surface area contributed by atoms with E-state index in [2.05, 4.69) is 26.8 Å². The van der Waals surface area contributed by atoms with Gasteiger partial charge in [-0.2, -0.15) is 4.89 Å². The monoisotopic (exact) mass is 470 g/mol. The molecule has 5 nitrogen and oxygen atoms in total. The van der Waals surface area contributed by atoms with E-state index in [0.29, 0.717) is 25.1 Å². The number of unbranched alkanes of at least 4 members (excludes halogenated alkanes) is 2. The average Bonchev–Trinajstić information content (AvgIpc) is 2.85. The first-order chi connectivity index (χ1) is 16.6. The zero-order chi connectivity index (χ0) is 24.0. The molecule has 0 unspecified atom stereocenters. The fourth-order valence-corrected chi connectivity index (χ4v) is 4.09. The van der Waals surface area contributed by atoms with E-state index in [4.69, 9.17) is 24.0 Å². The van der Waals surface area contributed by atoms with Crippen LogP contribution in [0.2, 0.25) is 0 Å². The summed E-state index contributed by atoms with van der Waals surface area (Å²) in [5.74, 6) is 3.29. The Hall–Kier alpha value is -2.24. The van der Waals surface area contributed by atoms with Crippen LogP contribution in [0.15, 0.2) is 42.5 Å². The molecule has 2 aromatic carbocycles. The topological polar surface area (TPSA) is 46.2 Å². The molecule has 0 aliphatic heterocycles. The van der Waals surface area contributed by atoms with Gasteiger partial charge < -0.3 is 19.1 Å². The molecule has 0 radical (unpaired) electrons. The molecule has 5 heteroatoms. The van der Waals surface area contributed by atoms with Crippen LogP contribution in [0.3, 0.4) is 0 Å². The molecule has 0 spiro atoms. The molecule has 1 aliphatic rings. The fraction of sp³-hybridized carbons (Fsp3) is 0.586. The van der Waals surface area contributed by atoms with Gasteiger partial charge in [-0.05, 0) is 105 Å². The van der Waals surface area contributed by atoms with Gasteiger partial charge in [0.2, 0.25) is 0 Å². The van der Waals surface area contributed by atoms with E-state index in [1.54, 1.807) is 0 Å². The van der Waals surface area contributed by atoms with Crippen molar-refractivity contribution in [3.63, 3.8) is 0 Å². The lowest BCUT2D eigenvalue weighted by atomic mass is 9.89. The molecule has 0 N–H and O–H groups in total. The molecule has 34 heavy (non-hydrogen) atoms. The van der Waals surface area contributed by atoms with Crippen molar-refractivity contribution in [3.8, 4) is 17.2 Å². The molecule has 0 bridgehead atoms. The van der Waals surface area contributed by atoms with Gasteiger partial charge in [-0.1, -0.05) is 26.3 Å². The van der Waals surface area contributed by atoms with Crippen molar-refractivity contribution in [2.45, 2.75) is 84.8 Å². The molecule has 0 aromatic heterocycles. The van der Waals surface area contributed by atoms with E-state index in [1.165, 1.54) is 25.7 Å². The van der Waals surface area contributed by atoms with Crippen molar-refractivity contribution >= 4 is 0 Å². The summed E-state index contributed by atoms with van der Waals surface area (Å²) in [5, 5.41) is 0. The Balaban J connectivity index is 1.28. The van der Waals surface area contributed by atoms with Gasteiger partial charge in [0.1, 0.15) is 18.1 Å². The number of ether oxygens (including phenoxy) is 3. The van der Waals surface area contributed by atoms with E-state index in [0.717, 1.165) is 67.4 Å². The van der Waals surface area contributed by atoms with Crippen LogP contribution < -0.4 is 14.4 Å². The lowest BCUT2D eigenvalue weighted by Crippen LogP contribution is -2.21. The van der Waals surface area contributed by atoms with Gasteiger partial charge in [-0.25, -0.2) is 0 Å². The second-order valence-corrected chi connectivity index (χ2v) is 9.43. The first-order valence-corrected chi connectivity index (χ1v) is 13.0. The van der Waals surface area contributed by atoms with Crippen molar-refractivity contribution in [1.29, 1.82) is 0 Å². The van der Waals surface area contributed by atoms with Crippen LogP contribution in [-0.2, 0) is 16.2 Å². The Morgan fingerprint density at radius 2 is 1.50 bits per heavy atom. The van der Waals surface area contributed by atoms with E-state index >= 15 is 0 Å². The maximum atomic E-state index is 6.03. The van der Waals surface area contributed by atoms with Crippen molar-refractivity contribution in [2.24, 2.45) is 5.92 Å². The van der Waals surface area contributed by atoms with Crippen LogP contribution in [0, 0.1) is 12.8 Å². The highest BCUT2D eigenvalue weighted by Crippen LogP contribution is 2.26. The predicted molar refractivity (Wildman–Crippen MR) is 136 cm³/mol. The largest absolute Gasteiger partial charge is 0.494 e. The SMILES string of the molecule is CCCCOc1ccc(OOCc2ccc(OCCCCOC3CCC(C)CC3)c(C)c2)cc1. The average molecular weight is 471 g/mol. The number of aryl methyl sites for hydroxylation is 1. The summed E-state index contributed by atoms with van der Waals surface area (Å²) in [6, 6.07) is 13.6. The Labute approximate surface area is 205 Å². The lowest BCUT2D eigenvalue weighted by molar-refractivity contribution is -0.217. The van der Waals surface area contributed by atoms with Gasteiger partial charge >= 0.3 is 0 Å². The molecule has 1 aliphatic carbocycles. The van der Waals surface area contributed by atoms with E-state index in [1.807, 2.05) is 36.4 Å². The van der Waals surface area contributed by atoms with E-state index in [9.17, 15) is 0 Å². The Kier molecular flexibility index (Phi) is 11.6. The third-order valence-corrected chi connectivity index (χ3v) is 6.32. The second kappa shape index (κ2) is 14.9. The molecule has 0 heterocycles. The number of rotatable bonds is 15. The van der Waals surface area contributed by atoms with Crippen molar-refractivity contribution < 1.29 is 24.0 Å². The van der Waals surface area contributed by atoms with Gasteiger partial charge in [0, 0.05) is 6.61 Å². The van der Waals surface area contributed by atoms with E-state index in [-0.39, 0.29) is 0 Å². The molecule has 0 saturated heterocycles. The summed E-state index contributed by atoms with van der Waals surface area (Å²) in [7, 11) is 0. The van der Waals surface area contributed by atoms with Crippen LogP contribution in [0.25, 0.3) is 0 Å². The van der Waals surface area contributed by atoms with Crippen LogP contribution >= 0.6 is 0 Å². The standard InChI is InChI=1S/C29H42O5/c1-4-5-18-30-27-13-15-28(16-14-27)34-33-22-25-10-17-29(24(3)21-25)32-20-7-6-19-31-26-11-8-23(2)9-12-26/h10,13-17,21,23,26H,4-9,11-12,18-20,22H2,1-3H3. The summed E-state index contributed by atoms with van der Waals surface area (Å²) < 4.78 is 17.7. The summed E-state index contributed by atoms with van der Waals surface area (Å²) in [6.07, 6.45) is 9.75. The smallest absolute Gasteiger partial charge is 0.165 e. The molecule has 0 amide bonds. The highest BCUT2D eigenvalue weighted by atomic mass is 17.2.